The maximum Gasteiger partial charge on any atom is 0.347 e. The summed E-state index contributed by atoms with van der Waals surface area (Å²) in [5.41, 5.74) is 4.89. The lowest BCUT2D eigenvalue weighted by molar-refractivity contribution is -0.139. The zero-order valence-corrected chi connectivity index (χ0v) is 18.9. The molecule has 3 aromatic heterocycles. The number of hydrogen-bond donors (Lipinski definition) is 0. The number of amides is 1. The van der Waals surface area contributed by atoms with Gasteiger partial charge in [0.15, 0.2) is 0 Å². The summed E-state index contributed by atoms with van der Waals surface area (Å²) in [4.78, 5) is 35.5. The van der Waals surface area contributed by atoms with Crippen LogP contribution in [0.2, 0.25) is 0 Å². The summed E-state index contributed by atoms with van der Waals surface area (Å²) in [7, 11) is 1.88. The van der Waals surface area contributed by atoms with Crippen molar-refractivity contribution >= 4 is 5.91 Å². The van der Waals surface area contributed by atoms with Crippen LogP contribution in [0.5, 0.6) is 0 Å². The maximum atomic E-state index is 12.9. The van der Waals surface area contributed by atoms with Crippen LogP contribution in [0.4, 0.5) is 0 Å². The summed E-state index contributed by atoms with van der Waals surface area (Å²) in [5.74, 6) is -0.00897. The molecule has 0 aromatic carbocycles. The molecule has 0 spiro atoms. The Kier molecular flexibility index (Phi) is 6.18. The van der Waals surface area contributed by atoms with Gasteiger partial charge in [-0.05, 0) is 44.5 Å². The standard InChI is InChI=1S/C23H28N6O3/c1-15-9-17(3)29(23(31)26-15)6-5-22(30)28-7-8-32-21(14-28)20-11-18(10-16(2)25-20)19-12-24-27(4)13-19/h9-13,21H,5-8,14H2,1-4H3/t21-/m1/s1. The monoisotopic (exact) mass is 436 g/mol. The molecule has 1 saturated heterocycles. The SMILES string of the molecule is Cc1cc(-c2cnn(C)c2)cc([C@H]2CN(C(=O)CCn3c(C)cc(C)nc3=O)CCO2)n1. The van der Waals surface area contributed by atoms with Crippen LogP contribution in [0.3, 0.4) is 0 Å². The van der Waals surface area contributed by atoms with Gasteiger partial charge in [-0.15, -0.1) is 0 Å². The first-order chi connectivity index (χ1) is 15.3. The molecular formula is C23H28N6O3. The third-order valence-corrected chi connectivity index (χ3v) is 5.66. The summed E-state index contributed by atoms with van der Waals surface area (Å²) >= 11 is 0. The third kappa shape index (κ3) is 4.77. The second-order valence-electron chi connectivity index (χ2n) is 8.25. The van der Waals surface area contributed by atoms with Gasteiger partial charge in [-0.1, -0.05) is 0 Å². The largest absolute Gasteiger partial charge is 0.368 e. The molecule has 9 heteroatoms. The van der Waals surface area contributed by atoms with Gasteiger partial charge in [-0.25, -0.2) is 4.79 Å². The van der Waals surface area contributed by atoms with Gasteiger partial charge in [0.1, 0.15) is 6.10 Å². The fourth-order valence-electron chi connectivity index (χ4n) is 4.06. The van der Waals surface area contributed by atoms with Crippen molar-refractivity contribution in [3.05, 3.63) is 63.9 Å². The number of hydrogen-bond acceptors (Lipinski definition) is 6. The molecule has 0 aliphatic carbocycles. The van der Waals surface area contributed by atoms with E-state index in [0.717, 1.165) is 28.2 Å². The van der Waals surface area contributed by atoms with Crippen molar-refractivity contribution in [2.75, 3.05) is 19.7 Å². The summed E-state index contributed by atoms with van der Waals surface area (Å²) in [5, 5.41) is 4.25. The molecule has 0 unspecified atom stereocenters. The molecule has 1 fully saturated rings. The van der Waals surface area contributed by atoms with Crippen LogP contribution in [0.1, 0.15) is 35.3 Å². The smallest absolute Gasteiger partial charge is 0.347 e. The highest BCUT2D eigenvalue weighted by Crippen LogP contribution is 2.27. The number of ether oxygens (including phenoxy) is 1. The molecule has 3 aromatic rings. The molecule has 4 heterocycles. The Balaban J connectivity index is 1.46. The number of aromatic nitrogens is 5. The Bertz CT molecular complexity index is 1200. The maximum absolute atomic E-state index is 12.9. The van der Waals surface area contributed by atoms with Crippen LogP contribution in [0.25, 0.3) is 11.1 Å². The second kappa shape index (κ2) is 9.04. The number of nitrogens with zero attached hydrogens (tertiary/aromatic N) is 6. The minimum absolute atomic E-state index is 0.00897. The van der Waals surface area contributed by atoms with E-state index in [1.807, 2.05) is 51.5 Å². The summed E-state index contributed by atoms with van der Waals surface area (Å²) < 4.78 is 9.28. The first-order valence-electron chi connectivity index (χ1n) is 10.7. The van der Waals surface area contributed by atoms with Gasteiger partial charge in [0.05, 0.1) is 25.0 Å². The van der Waals surface area contributed by atoms with Gasteiger partial charge in [-0.3, -0.25) is 19.0 Å². The van der Waals surface area contributed by atoms with E-state index in [2.05, 4.69) is 15.1 Å². The minimum atomic E-state index is -0.318. The number of aryl methyl sites for hydroxylation is 4. The lowest BCUT2D eigenvalue weighted by Crippen LogP contribution is -2.43. The summed E-state index contributed by atoms with van der Waals surface area (Å²) in [6.45, 7) is 7.31. The zero-order chi connectivity index (χ0) is 22.8. The van der Waals surface area contributed by atoms with Crippen molar-refractivity contribution in [3.8, 4) is 11.1 Å². The van der Waals surface area contributed by atoms with Crippen molar-refractivity contribution in [2.45, 2.75) is 39.8 Å². The van der Waals surface area contributed by atoms with E-state index in [1.165, 1.54) is 0 Å². The zero-order valence-electron chi connectivity index (χ0n) is 18.9. The first-order valence-corrected chi connectivity index (χ1v) is 10.7. The van der Waals surface area contributed by atoms with Gasteiger partial charge >= 0.3 is 5.69 Å². The van der Waals surface area contributed by atoms with Crippen molar-refractivity contribution in [1.82, 2.24) is 29.2 Å². The molecule has 4 rings (SSSR count). The molecule has 1 aliphatic heterocycles. The Morgan fingerprint density at radius 1 is 1.12 bits per heavy atom. The van der Waals surface area contributed by atoms with Crippen LogP contribution < -0.4 is 5.69 Å². The van der Waals surface area contributed by atoms with Gasteiger partial charge < -0.3 is 9.64 Å². The number of morpholine rings is 1. The molecular weight excluding hydrogens is 408 g/mol. The van der Waals surface area contributed by atoms with Gasteiger partial charge in [-0.2, -0.15) is 10.1 Å². The van der Waals surface area contributed by atoms with Crippen molar-refractivity contribution < 1.29 is 9.53 Å². The van der Waals surface area contributed by atoms with E-state index in [9.17, 15) is 9.59 Å². The lowest BCUT2D eigenvalue weighted by Gasteiger charge is -2.33. The van der Waals surface area contributed by atoms with Crippen molar-refractivity contribution in [3.63, 3.8) is 0 Å². The van der Waals surface area contributed by atoms with E-state index in [4.69, 9.17) is 4.74 Å². The van der Waals surface area contributed by atoms with E-state index in [1.54, 1.807) is 21.1 Å². The van der Waals surface area contributed by atoms with E-state index < -0.39 is 0 Å². The first kappa shape index (κ1) is 21.9. The van der Waals surface area contributed by atoms with Crippen LogP contribution in [-0.2, 0) is 23.1 Å². The van der Waals surface area contributed by atoms with Crippen LogP contribution in [0.15, 0.2) is 35.4 Å². The van der Waals surface area contributed by atoms with E-state index >= 15 is 0 Å². The second-order valence-corrected chi connectivity index (χ2v) is 8.25. The van der Waals surface area contributed by atoms with Crippen molar-refractivity contribution in [1.29, 1.82) is 0 Å². The highest BCUT2D eigenvalue weighted by molar-refractivity contribution is 5.76. The minimum Gasteiger partial charge on any atom is -0.368 e. The molecule has 0 radical (unpaired) electrons. The summed E-state index contributed by atoms with van der Waals surface area (Å²) in [6.07, 6.45) is 3.72. The highest BCUT2D eigenvalue weighted by atomic mass is 16.5. The highest BCUT2D eigenvalue weighted by Gasteiger charge is 2.27. The molecule has 0 bridgehead atoms. The van der Waals surface area contributed by atoms with Crippen LogP contribution in [-0.4, -0.2) is 54.8 Å². The predicted molar refractivity (Wildman–Crippen MR) is 119 cm³/mol. The average Bonchev–Trinajstić information content (AvgIpc) is 3.19. The molecule has 1 aliphatic rings. The fourth-order valence-corrected chi connectivity index (χ4v) is 4.06. The Morgan fingerprint density at radius 2 is 1.91 bits per heavy atom. The Hall–Kier alpha value is -3.33. The van der Waals surface area contributed by atoms with Gasteiger partial charge in [0, 0.05) is 55.4 Å². The molecule has 0 N–H and O–H groups in total. The average molecular weight is 437 g/mol. The molecule has 1 amide bonds. The molecule has 168 valence electrons. The molecule has 0 saturated carbocycles. The Labute approximate surface area is 186 Å². The predicted octanol–water partition coefficient (Wildman–Crippen LogP) is 1.95. The number of pyridine rings is 1. The quantitative estimate of drug-likeness (QED) is 0.607. The fraction of sp³-hybridized carbons (Fsp3) is 0.435. The van der Waals surface area contributed by atoms with Gasteiger partial charge in [0.25, 0.3) is 0 Å². The number of carbonyl (C=O) groups excluding carboxylic acids is 1. The van der Waals surface area contributed by atoms with Crippen LogP contribution in [0, 0.1) is 20.8 Å². The number of rotatable bonds is 5. The summed E-state index contributed by atoms with van der Waals surface area (Å²) in [6, 6.07) is 5.87. The normalized spacial score (nSPS) is 16.4. The van der Waals surface area contributed by atoms with Gasteiger partial charge in [0.2, 0.25) is 5.91 Å². The molecule has 32 heavy (non-hydrogen) atoms. The Morgan fingerprint density at radius 3 is 2.62 bits per heavy atom. The van der Waals surface area contributed by atoms with Crippen LogP contribution >= 0.6 is 0 Å². The number of carbonyl (C=O) groups is 1. The van der Waals surface area contributed by atoms with E-state index in [0.29, 0.717) is 31.9 Å². The van der Waals surface area contributed by atoms with E-state index in [-0.39, 0.29) is 24.1 Å². The molecule has 1 atom stereocenters. The topological polar surface area (TPSA) is 95.1 Å². The third-order valence-electron chi connectivity index (χ3n) is 5.66. The molecule has 9 nitrogen and oxygen atoms in total. The van der Waals surface area contributed by atoms with Crippen molar-refractivity contribution in [2.24, 2.45) is 7.05 Å². The lowest BCUT2D eigenvalue weighted by atomic mass is 10.1.